The lowest BCUT2D eigenvalue weighted by Gasteiger charge is -2.11. The van der Waals surface area contributed by atoms with Gasteiger partial charge in [-0.1, -0.05) is 6.07 Å². The highest BCUT2D eigenvalue weighted by Crippen LogP contribution is 2.34. The molecule has 3 aromatic rings. The highest BCUT2D eigenvalue weighted by atomic mass is 32.2. The zero-order valence-electron chi connectivity index (χ0n) is 16.2. The van der Waals surface area contributed by atoms with E-state index >= 15 is 0 Å². The molecule has 0 bridgehead atoms. The molecule has 0 aliphatic carbocycles. The number of hydrogen-bond donors (Lipinski definition) is 2. The minimum absolute atomic E-state index is 0.0549. The lowest BCUT2D eigenvalue weighted by molar-refractivity contribution is -0.0498. The first-order valence-corrected chi connectivity index (χ1v) is 10.7. The van der Waals surface area contributed by atoms with Gasteiger partial charge in [0, 0.05) is 17.3 Å². The number of hydrogen-bond acceptors (Lipinski definition) is 6. The van der Waals surface area contributed by atoms with Gasteiger partial charge >= 0.3 is 6.61 Å². The molecule has 1 aliphatic heterocycles. The van der Waals surface area contributed by atoms with Crippen molar-refractivity contribution >= 4 is 27.3 Å². The molecular weight excluding hydrogens is 446 g/mol. The van der Waals surface area contributed by atoms with Crippen molar-refractivity contribution in [3.8, 4) is 17.2 Å². The van der Waals surface area contributed by atoms with Crippen LogP contribution in [0.4, 0.5) is 20.2 Å². The maximum absolute atomic E-state index is 12.8. The molecular formula is C21H16F2N2O6S. The van der Waals surface area contributed by atoms with Gasteiger partial charge in [-0.3, -0.25) is 9.52 Å². The third-order valence-corrected chi connectivity index (χ3v) is 5.75. The maximum atomic E-state index is 12.8. The maximum Gasteiger partial charge on any atom is 0.387 e. The summed E-state index contributed by atoms with van der Waals surface area (Å²) < 4.78 is 67.1. The van der Waals surface area contributed by atoms with Gasteiger partial charge in [-0.2, -0.15) is 8.78 Å². The van der Waals surface area contributed by atoms with Gasteiger partial charge in [-0.15, -0.1) is 0 Å². The molecule has 166 valence electrons. The van der Waals surface area contributed by atoms with E-state index in [2.05, 4.69) is 14.8 Å². The predicted octanol–water partition coefficient (Wildman–Crippen LogP) is 4.07. The van der Waals surface area contributed by atoms with Gasteiger partial charge in [0.05, 0.1) is 10.6 Å². The number of anilines is 2. The minimum Gasteiger partial charge on any atom is -0.454 e. The minimum atomic E-state index is -3.99. The summed E-state index contributed by atoms with van der Waals surface area (Å²) in [6.07, 6.45) is 0. The average Bonchev–Trinajstić information content (AvgIpc) is 3.22. The van der Waals surface area contributed by atoms with Crippen LogP contribution in [0.1, 0.15) is 10.4 Å². The number of fused-ring (bicyclic) bond motifs is 1. The van der Waals surface area contributed by atoms with Crippen LogP contribution in [-0.4, -0.2) is 27.7 Å². The Morgan fingerprint density at radius 1 is 0.938 bits per heavy atom. The normalized spacial score (nSPS) is 12.5. The number of rotatable bonds is 7. The van der Waals surface area contributed by atoms with E-state index in [0.29, 0.717) is 17.2 Å². The summed E-state index contributed by atoms with van der Waals surface area (Å²) in [6.45, 7) is -2.89. The van der Waals surface area contributed by atoms with E-state index in [1.807, 2.05) is 0 Å². The molecule has 8 nitrogen and oxygen atoms in total. The van der Waals surface area contributed by atoms with E-state index in [0.717, 1.165) is 0 Å². The van der Waals surface area contributed by atoms with Gasteiger partial charge in [-0.05, 0) is 54.6 Å². The lowest BCUT2D eigenvalue weighted by atomic mass is 10.2. The van der Waals surface area contributed by atoms with Crippen LogP contribution in [-0.2, 0) is 10.0 Å². The van der Waals surface area contributed by atoms with Gasteiger partial charge in [0.1, 0.15) is 5.75 Å². The van der Waals surface area contributed by atoms with Gasteiger partial charge in [0.25, 0.3) is 15.9 Å². The van der Waals surface area contributed by atoms with E-state index in [1.54, 1.807) is 6.07 Å². The Morgan fingerprint density at radius 3 is 2.41 bits per heavy atom. The summed E-state index contributed by atoms with van der Waals surface area (Å²) in [4.78, 5) is 12.4. The predicted molar refractivity (Wildman–Crippen MR) is 111 cm³/mol. The van der Waals surface area contributed by atoms with Gasteiger partial charge < -0.3 is 19.5 Å². The third-order valence-electron chi connectivity index (χ3n) is 4.37. The topological polar surface area (TPSA) is 103 Å². The van der Waals surface area contributed by atoms with E-state index in [9.17, 15) is 22.0 Å². The van der Waals surface area contributed by atoms with Crippen molar-refractivity contribution in [1.29, 1.82) is 0 Å². The SMILES string of the molecule is O=C(Nc1ccc(OC(F)F)cc1)c1cccc(S(=O)(=O)Nc2ccc3c(c2)OCO3)c1. The highest BCUT2D eigenvalue weighted by Gasteiger charge is 2.19. The molecule has 1 aliphatic rings. The summed E-state index contributed by atoms with van der Waals surface area (Å²) in [6, 6.07) is 15.4. The largest absolute Gasteiger partial charge is 0.454 e. The molecule has 0 radical (unpaired) electrons. The fourth-order valence-electron chi connectivity index (χ4n) is 2.90. The van der Waals surface area contributed by atoms with Crippen molar-refractivity contribution in [2.45, 2.75) is 11.5 Å². The van der Waals surface area contributed by atoms with Crippen molar-refractivity contribution in [2.75, 3.05) is 16.8 Å². The number of halogens is 2. The number of carbonyl (C=O) groups excluding carboxylic acids is 1. The monoisotopic (exact) mass is 462 g/mol. The summed E-state index contributed by atoms with van der Waals surface area (Å²) in [5, 5.41) is 2.57. The highest BCUT2D eigenvalue weighted by molar-refractivity contribution is 7.92. The van der Waals surface area contributed by atoms with Crippen LogP contribution in [0.3, 0.4) is 0 Å². The summed E-state index contributed by atoms with van der Waals surface area (Å²) in [5.74, 6) is 0.303. The number of sulfonamides is 1. The molecule has 0 atom stereocenters. The smallest absolute Gasteiger partial charge is 0.387 e. The number of amides is 1. The Labute approximate surface area is 181 Å². The van der Waals surface area contributed by atoms with E-state index in [1.165, 1.54) is 60.7 Å². The fraction of sp³-hybridized carbons (Fsp3) is 0.0952. The Balaban J connectivity index is 1.48. The molecule has 11 heteroatoms. The Kier molecular flexibility index (Phi) is 5.82. The van der Waals surface area contributed by atoms with Gasteiger partial charge in [0.15, 0.2) is 11.5 Å². The van der Waals surface area contributed by atoms with Crippen molar-refractivity contribution in [3.05, 3.63) is 72.3 Å². The van der Waals surface area contributed by atoms with Crippen LogP contribution in [0.15, 0.2) is 71.6 Å². The summed E-state index contributed by atoms with van der Waals surface area (Å²) >= 11 is 0. The number of ether oxygens (including phenoxy) is 3. The number of carbonyl (C=O) groups is 1. The van der Waals surface area contributed by atoms with Crippen LogP contribution in [0, 0.1) is 0 Å². The van der Waals surface area contributed by atoms with E-state index in [4.69, 9.17) is 9.47 Å². The Hall–Kier alpha value is -3.86. The molecule has 0 saturated carbocycles. The molecule has 0 aromatic heterocycles. The molecule has 3 aromatic carbocycles. The lowest BCUT2D eigenvalue weighted by Crippen LogP contribution is -2.16. The van der Waals surface area contributed by atoms with E-state index < -0.39 is 22.5 Å². The third kappa shape index (κ3) is 4.89. The van der Waals surface area contributed by atoms with Crippen molar-refractivity contribution in [2.24, 2.45) is 0 Å². The number of benzene rings is 3. The molecule has 2 N–H and O–H groups in total. The first-order valence-electron chi connectivity index (χ1n) is 9.19. The van der Waals surface area contributed by atoms with Gasteiger partial charge in [-0.25, -0.2) is 8.42 Å². The standard InChI is InChI=1S/C21H16F2N2O6S/c22-21(23)31-16-7-4-14(5-8-16)24-20(26)13-2-1-3-17(10-13)32(27,28)25-15-6-9-18-19(11-15)30-12-29-18/h1-11,21,25H,12H2,(H,24,26). The second-order valence-corrected chi connectivity index (χ2v) is 8.24. The number of nitrogens with one attached hydrogen (secondary N) is 2. The van der Waals surface area contributed by atoms with Crippen molar-refractivity contribution in [3.63, 3.8) is 0 Å². The zero-order valence-corrected chi connectivity index (χ0v) is 17.1. The molecule has 4 rings (SSSR count). The molecule has 0 unspecified atom stereocenters. The van der Waals surface area contributed by atoms with Crippen LogP contribution in [0.25, 0.3) is 0 Å². The summed E-state index contributed by atoms with van der Waals surface area (Å²) in [7, 11) is -3.99. The Morgan fingerprint density at radius 2 is 1.66 bits per heavy atom. The molecule has 0 saturated heterocycles. The van der Waals surface area contributed by atoms with Crippen LogP contribution < -0.4 is 24.2 Å². The van der Waals surface area contributed by atoms with Crippen LogP contribution >= 0.6 is 0 Å². The Bertz CT molecular complexity index is 1250. The van der Waals surface area contributed by atoms with Crippen LogP contribution in [0.2, 0.25) is 0 Å². The van der Waals surface area contributed by atoms with Gasteiger partial charge in [0.2, 0.25) is 6.79 Å². The average molecular weight is 462 g/mol. The second kappa shape index (κ2) is 8.71. The molecule has 0 spiro atoms. The van der Waals surface area contributed by atoms with Crippen molar-refractivity contribution in [1.82, 2.24) is 0 Å². The zero-order chi connectivity index (χ0) is 22.7. The fourth-order valence-corrected chi connectivity index (χ4v) is 4.00. The first-order chi connectivity index (χ1) is 15.3. The van der Waals surface area contributed by atoms with E-state index in [-0.39, 0.29) is 28.7 Å². The quantitative estimate of drug-likeness (QED) is 0.549. The summed E-state index contributed by atoms with van der Waals surface area (Å²) in [5.41, 5.74) is 0.685. The molecule has 1 heterocycles. The second-order valence-electron chi connectivity index (χ2n) is 6.56. The van der Waals surface area contributed by atoms with Crippen molar-refractivity contribution < 1.29 is 36.2 Å². The molecule has 1 amide bonds. The molecule has 32 heavy (non-hydrogen) atoms. The number of alkyl halides is 2. The first kappa shape index (κ1) is 21.4. The van der Waals surface area contributed by atoms with Crippen LogP contribution in [0.5, 0.6) is 17.2 Å². The molecule has 0 fully saturated rings.